The van der Waals surface area contributed by atoms with Gasteiger partial charge < -0.3 is 10.7 Å². The van der Waals surface area contributed by atoms with E-state index in [1.165, 1.54) is 16.0 Å². The molecule has 6 heteroatoms. The monoisotopic (exact) mass is 341 g/mol. The SMILES string of the molecule is ClC1=CC=C(CSc2c(Cl)ccc3c2CCNCC3)NN1. The van der Waals surface area contributed by atoms with Gasteiger partial charge in [-0.2, -0.15) is 0 Å². The van der Waals surface area contributed by atoms with Gasteiger partial charge in [0.05, 0.1) is 5.02 Å². The Balaban J connectivity index is 1.79. The standard InChI is InChI=1S/C15H17Cl2N3S/c16-13-3-1-10-5-7-18-8-6-12(10)15(13)21-9-11-2-4-14(17)20-19-11/h1-4,18-20H,5-9H2. The summed E-state index contributed by atoms with van der Waals surface area (Å²) in [7, 11) is 0. The first-order valence-corrected chi connectivity index (χ1v) is 8.70. The van der Waals surface area contributed by atoms with E-state index >= 15 is 0 Å². The van der Waals surface area contributed by atoms with Gasteiger partial charge in [-0.25, -0.2) is 0 Å². The number of hydrogen-bond donors (Lipinski definition) is 3. The summed E-state index contributed by atoms with van der Waals surface area (Å²) >= 11 is 14.0. The van der Waals surface area contributed by atoms with Gasteiger partial charge in [-0.3, -0.25) is 5.43 Å². The fourth-order valence-corrected chi connectivity index (χ4v) is 4.03. The minimum atomic E-state index is 0.599. The third-order valence-corrected chi connectivity index (χ3v) is 5.44. The predicted molar refractivity (Wildman–Crippen MR) is 90.7 cm³/mol. The van der Waals surface area contributed by atoms with E-state index in [2.05, 4.69) is 22.2 Å². The lowest BCUT2D eigenvalue weighted by atomic mass is 10.0. The molecule has 0 bridgehead atoms. The number of fused-ring (bicyclic) bond motifs is 1. The zero-order chi connectivity index (χ0) is 14.7. The fraction of sp³-hybridized carbons (Fsp3) is 0.333. The topological polar surface area (TPSA) is 36.1 Å². The predicted octanol–water partition coefficient (Wildman–Crippen LogP) is 3.19. The summed E-state index contributed by atoms with van der Waals surface area (Å²) < 4.78 is 0. The van der Waals surface area contributed by atoms with Crippen LogP contribution in [0.2, 0.25) is 5.02 Å². The Morgan fingerprint density at radius 1 is 1.05 bits per heavy atom. The maximum atomic E-state index is 6.43. The highest BCUT2D eigenvalue weighted by atomic mass is 35.5. The van der Waals surface area contributed by atoms with E-state index in [9.17, 15) is 0 Å². The average Bonchev–Trinajstić information content (AvgIpc) is 2.73. The Morgan fingerprint density at radius 3 is 2.71 bits per heavy atom. The summed E-state index contributed by atoms with van der Waals surface area (Å²) in [4.78, 5) is 1.21. The van der Waals surface area contributed by atoms with Crippen LogP contribution in [0.1, 0.15) is 11.1 Å². The van der Waals surface area contributed by atoms with Crippen LogP contribution < -0.4 is 16.2 Å². The molecular formula is C15H17Cl2N3S. The van der Waals surface area contributed by atoms with Crippen LogP contribution >= 0.6 is 35.0 Å². The van der Waals surface area contributed by atoms with Crippen LogP contribution in [0, 0.1) is 0 Å². The molecule has 2 aliphatic rings. The lowest BCUT2D eigenvalue weighted by Gasteiger charge is -2.18. The summed E-state index contributed by atoms with van der Waals surface area (Å²) in [6, 6.07) is 4.18. The first-order chi connectivity index (χ1) is 10.2. The molecule has 0 saturated heterocycles. The van der Waals surface area contributed by atoms with Crippen molar-refractivity contribution in [1.82, 2.24) is 16.2 Å². The summed E-state index contributed by atoms with van der Waals surface area (Å²) in [5.41, 5.74) is 9.89. The second-order valence-electron chi connectivity index (χ2n) is 5.01. The van der Waals surface area contributed by atoms with Gasteiger partial charge in [0.15, 0.2) is 0 Å². The minimum absolute atomic E-state index is 0.599. The van der Waals surface area contributed by atoms with E-state index in [0.29, 0.717) is 5.16 Å². The molecule has 0 amide bonds. The zero-order valence-corrected chi connectivity index (χ0v) is 13.8. The molecule has 0 spiro atoms. The van der Waals surface area contributed by atoms with Crippen molar-refractivity contribution in [3.63, 3.8) is 0 Å². The van der Waals surface area contributed by atoms with Gasteiger partial charge in [0, 0.05) is 16.3 Å². The largest absolute Gasteiger partial charge is 0.316 e. The van der Waals surface area contributed by atoms with Crippen molar-refractivity contribution >= 4 is 35.0 Å². The normalized spacial score (nSPS) is 17.8. The van der Waals surface area contributed by atoms with E-state index in [1.54, 1.807) is 11.8 Å². The van der Waals surface area contributed by atoms with Gasteiger partial charge in [-0.05, 0) is 55.3 Å². The fourth-order valence-electron chi connectivity index (χ4n) is 2.50. The van der Waals surface area contributed by atoms with Crippen molar-refractivity contribution in [3.8, 4) is 0 Å². The number of halogens is 2. The Kier molecular flexibility index (Phi) is 5.01. The van der Waals surface area contributed by atoms with Crippen LogP contribution in [0.15, 0.2) is 40.0 Å². The van der Waals surface area contributed by atoms with E-state index in [-0.39, 0.29) is 0 Å². The molecule has 21 heavy (non-hydrogen) atoms. The molecule has 0 radical (unpaired) electrons. The first-order valence-electron chi connectivity index (χ1n) is 6.96. The van der Waals surface area contributed by atoms with Crippen molar-refractivity contribution in [2.24, 2.45) is 0 Å². The van der Waals surface area contributed by atoms with E-state index < -0.39 is 0 Å². The van der Waals surface area contributed by atoms with E-state index in [4.69, 9.17) is 23.2 Å². The molecule has 1 aromatic rings. The van der Waals surface area contributed by atoms with Gasteiger partial charge in [0.25, 0.3) is 0 Å². The molecule has 3 N–H and O–H groups in total. The van der Waals surface area contributed by atoms with Gasteiger partial charge in [-0.1, -0.05) is 29.3 Å². The molecule has 3 rings (SSSR count). The Morgan fingerprint density at radius 2 is 1.90 bits per heavy atom. The van der Waals surface area contributed by atoms with Crippen molar-refractivity contribution in [1.29, 1.82) is 0 Å². The maximum Gasteiger partial charge on any atom is 0.120 e. The molecule has 3 nitrogen and oxygen atoms in total. The van der Waals surface area contributed by atoms with Crippen molar-refractivity contribution in [2.45, 2.75) is 17.7 Å². The summed E-state index contributed by atoms with van der Waals surface area (Å²) in [6.45, 7) is 2.06. The first kappa shape index (κ1) is 15.1. The third kappa shape index (κ3) is 3.69. The second kappa shape index (κ2) is 6.97. The Hall–Kier alpha value is -0.810. The van der Waals surface area contributed by atoms with Gasteiger partial charge in [0.2, 0.25) is 0 Å². The van der Waals surface area contributed by atoms with Crippen LogP contribution in [0.3, 0.4) is 0 Å². The zero-order valence-electron chi connectivity index (χ0n) is 11.5. The molecule has 2 heterocycles. The number of thioether (sulfide) groups is 1. The van der Waals surface area contributed by atoms with E-state index in [0.717, 1.165) is 42.4 Å². The summed E-state index contributed by atoms with van der Waals surface area (Å²) in [5, 5.41) is 4.89. The molecule has 0 aliphatic carbocycles. The Bertz CT molecular complexity index is 599. The van der Waals surface area contributed by atoms with Crippen molar-refractivity contribution < 1.29 is 0 Å². The molecule has 0 aromatic heterocycles. The quantitative estimate of drug-likeness (QED) is 0.582. The molecule has 0 saturated carbocycles. The van der Waals surface area contributed by atoms with Crippen LogP contribution in [0.25, 0.3) is 0 Å². The molecule has 112 valence electrons. The summed E-state index contributed by atoms with van der Waals surface area (Å²) in [6.07, 6.45) is 5.95. The number of nitrogens with one attached hydrogen (secondary N) is 3. The maximum absolute atomic E-state index is 6.43. The Labute approximate surface area is 139 Å². The molecule has 2 aliphatic heterocycles. The molecule has 0 fully saturated rings. The molecule has 0 atom stereocenters. The minimum Gasteiger partial charge on any atom is -0.316 e. The average molecular weight is 342 g/mol. The number of hydrazine groups is 1. The number of rotatable bonds is 3. The number of benzene rings is 1. The highest BCUT2D eigenvalue weighted by Crippen LogP contribution is 2.35. The molecular weight excluding hydrogens is 325 g/mol. The molecule has 1 aromatic carbocycles. The van der Waals surface area contributed by atoms with Gasteiger partial charge >= 0.3 is 0 Å². The highest BCUT2D eigenvalue weighted by Gasteiger charge is 2.16. The summed E-state index contributed by atoms with van der Waals surface area (Å²) in [5.74, 6) is 0.831. The van der Waals surface area contributed by atoms with E-state index in [1.807, 2.05) is 18.2 Å². The lowest BCUT2D eigenvalue weighted by Crippen LogP contribution is -2.31. The van der Waals surface area contributed by atoms with Crippen LogP contribution in [-0.4, -0.2) is 18.8 Å². The second-order valence-corrected chi connectivity index (χ2v) is 6.81. The van der Waals surface area contributed by atoms with Crippen LogP contribution in [-0.2, 0) is 12.8 Å². The van der Waals surface area contributed by atoms with Crippen LogP contribution in [0.4, 0.5) is 0 Å². The number of hydrogen-bond acceptors (Lipinski definition) is 4. The van der Waals surface area contributed by atoms with Crippen LogP contribution in [0.5, 0.6) is 0 Å². The van der Waals surface area contributed by atoms with Gasteiger partial charge in [0.1, 0.15) is 5.16 Å². The third-order valence-electron chi connectivity index (χ3n) is 3.58. The van der Waals surface area contributed by atoms with Crippen molar-refractivity contribution in [3.05, 3.63) is 51.3 Å². The van der Waals surface area contributed by atoms with Gasteiger partial charge in [-0.15, -0.1) is 11.8 Å². The smallest absolute Gasteiger partial charge is 0.120 e. The molecule has 0 unspecified atom stereocenters. The number of allylic oxidation sites excluding steroid dienone is 2. The highest BCUT2D eigenvalue weighted by molar-refractivity contribution is 7.99. The lowest BCUT2D eigenvalue weighted by molar-refractivity contribution is 0.708. The van der Waals surface area contributed by atoms with Crippen molar-refractivity contribution in [2.75, 3.05) is 18.8 Å².